The van der Waals surface area contributed by atoms with Crippen LogP contribution >= 0.6 is 0 Å². The Morgan fingerprint density at radius 2 is 2.23 bits per heavy atom. The molecule has 1 rings (SSSR count). The van der Waals surface area contributed by atoms with Gasteiger partial charge in [0.2, 0.25) is 0 Å². The lowest BCUT2D eigenvalue weighted by molar-refractivity contribution is 0.338. The van der Waals surface area contributed by atoms with Crippen molar-refractivity contribution in [2.24, 2.45) is 18.2 Å². The number of hydrogen-bond donors (Lipinski definition) is 1. The zero-order valence-corrected chi connectivity index (χ0v) is 8.75. The number of hydrogen-bond acceptors (Lipinski definition) is 2. The molecule has 74 valence electrons. The number of nitrogens with two attached hydrogens (primary N) is 1. The molecule has 0 aliphatic rings. The highest BCUT2D eigenvalue weighted by Crippen LogP contribution is 2.24. The summed E-state index contributed by atoms with van der Waals surface area (Å²) in [6, 6.07) is 0. The van der Waals surface area contributed by atoms with E-state index >= 15 is 0 Å². The van der Waals surface area contributed by atoms with Crippen molar-refractivity contribution in [1.82, 2.24) is 9.78 Å². The highest BCUT2D eigenvalue weighted by molar-refractivity contribution is 5.06. The predicted molar refractivity (Wildman–Crippen MR) is 54.4 cm³/mol. The number of aryl methyl sites for hydroxylation is 1. The van der Waals surface area contributed by atoms with E-state index in [0.717, 1.165) is 19.4 Å². The van der Waals surface area contributed by atoms with E-state index in [1.807, 2.05) is 17.9 Å². The first kappa shape index (κ1) is 10.3. The van der Waals surface area contributed by atoms with Crippen molar-refractivity contribution in [3.05, 3.63) is 18.0 Å². The molecule has 1 aromatic heterocycles. The summed E-state index contributed by atoms with van der Waals surface area (Å²) in [4.78, 5) is 0. The van der Waals surface area contributed by atoms with Crippen molar-refractivity contribution in [3.8, 4) is 0 Å². The smallest absolute Gasteiger partial charge is 0.0521 e. The average molecular weight is 181 g/mol. The molecule has 0 fully saturated rings. The second kappa shape index (κ2) is 3.92. The van der Waals surface area contributed by atoms with E-state index < -0.39 is 0 Å². The van der Waals surface area contributed by atoms with Gasteiger partial charge in [0.1, 0.15) is 0 Å². The Balaban J connectivity index is 2.57. The quantitative estimate of drug-likeness (QED) is 0.761. The number of nitrogens with zero attached hydrogens (tertiary/aromatic N) is 2. The van der Waals surface area contributed by atoms with Gasteiger partial charge in [-0.3, -0.25) is 4.68 Å². The molecule has 2 N–H and O–H groups in total. The molecule has 0 bridgehead atoms. The Bertz CT molecular complexity index is 263. The zero-order chi connectivity index (χ0) is 9.90. The summed E-state index contributed by atoms with van der Waals surface area (Å²) in [7, 11) is 1.94. The van der Waals surface area contributed by atoms with E-state index in [0.29, 0.717) is 0 Å². The van der Waals surface area contributed by atoms with Crippen molar-refractivity contribution in [2.75, 3.05) is 6.54 Å². The van der Waals surface area contributed by atoms with Crippen molar-refractivity contribution in [2.45, 2.75) is 26.7 Å². The fourth-order valence-corrected chi connectivity index (χ4v) is 1.59. The standard InChI is InChI=1S/C10H19N3/c1-10(2,4-5-11)6-9-7-12-13(3)8-9/h7-8H,4-6,11H2,1-3H3. The molecule has 0 aliphatic carbocycles. The Labute approximate surface area is 79.9 Å². The summed E-state index contributed by atoms with van der Waals surface area (Å²) in [5.41, 5.74) is 7.13. The summed E-state index contributed by atoms with van der Waals surface area (Å²) < 4.78 is 1.84. The van der Waals surface area contributed by atoms with E-state index in [-0.39, 0.29) is 5.41 Å². The first-order valence-corrected chi connectivity index (χ1v) is 4.71. The van der Waals surface area contributed by atoms with E-state index in [1.54, 1.807) is 0 Å². The Hall–Kier alpha value is -0.830. The summed E-state index contributed by atoms with van der Waals surface area (Å²) in [6.45, 7) is 5.24. The Kier molecular flexibility index (Phi) is 3.09. The minimum absolute atomic E-state index is 0.289. The fraction of sp³-hybridized carbons (Fsp3) is 0.700. The molecule has 0 radical (unpaired) electrons. The molecule has 0 saturated heterocycles. The van der Waals surface area contributed by atoms with Crippen LogP contribution in [0.4, 0.5) is 0 Å². The highest BCUT2D eigenvalue weighted by atomic mass is 15.2. The van der Waals surface area contributed by atoms with Gasteiger partial charge in [0, 0.05) is 13.2 Å². The molecule has 0 unspecified atom stereocenters. The maximum atomic E-state index is 5.55. The summed E-state index contributed by atoms with van der Waals surface area (Å²) in [5, 5.41) is 4.15. The van der Waals surface area contributed by atoms with Crippen LogP contribution in [0, 0.1) is 5.41 Å². The third-order valence-corrected chi connectivity index (χ3v) is 2.26. The lowest BCUT2D eigenvalue weighted by atomic mass is 9.83. The normalized spacial score (nSPS) is 12.0. The minimum Gasteiger partial charge on any atom is -0.330 e. The Morgan fingerprint density at radius 3 is 2.69 bits per heavy atom. The van der Waals surface area contributed by atoms with Crippen LogP contribution in [0.3, 0.4) is 0 Å². The van der Waals surface area contributed by atoms with Crippen LogP contribution < -0.4 is 5.73 Å². The monoisotopic (exact) mass is 181 g/mol. The maximum Gasteiger partial charge on any atom is 0.0521 e. The van der Waals surface area contributed by atoms with Gasteiger partial charge in [0.05, 0.1) is 6.20 Å². The van der Waals surface area contributed by atoms with Gasteiger partial charge in [-0.05, 0) is 30.4 Å². The molecular weight excluding hydrogens is 162 g/mol. The van der Waals surface area contributed by atoms with Crippen LogP contribution in [-0.4, -0.2) is 16.3 Å². The van der Waals surface area contributed by atoms with Crippen LogP contribution in [0.15, 0.2) is 12.4 Å². The number of rotatable bonds is 4. The van der Waals surface area contributed by atoms with Crippen LogP contribution in [0.25, 0.3) is 0 Å². The lowest BCUT2D eigenvalue weighted by Gasteiger charge is -2.22. The molecule has 1 heterocycles. The third kappa shape index (κ3) is 3.19. The summed E-state index contributed by atoms with van der Waals surface area (Å²) in [5.74, 6) is 0. The molecule has 0 aromatic carbocycles. The van der Waals surface area contributed by atoms with Crippen LogP contribution in [0.5, 0.6) is 0 Å². The molecule has 3 heteroatoms. The highest BCUT2D eigenvalue weighted by Gasteiger charge is 2.17. The van der Waals surface area contributed by atoms with Crippen molar-refractivity contribution < 1.29 is 0 Å². The minimum atomic E-state index is 0.289. The maximum absolute atomic E-state index is 5.55. The average Bonchev–Trinajstić information content (AvgIpc) is 2.34. The number of aromatic nitrogens is 2. The third-order valence-electron chi connectivity index (χ3n) is 2.26. The lowest BCUT2D eigenvalue weighted by Crippen LogP contribution is -2.19. The topological polar surface area (TPSA) is 43.8 Å². The van der Waals surface area contributed by atoms with Crippen LogP contribution in [-0.2, 0) is 13.5 Å². The SMILES string of the molecule is Cn1cc(CC(C)(C)CCN)cn1. The van der Waals surface area contributed by atoms with Gasteiger partial charge in [0.15, 0.2) is 0 Å². The molecular formula is C10H19N3. The zero-order valence-electron chi connectivity index (χ0n) is 8.75. The Morgan fingerprint density at radius 1 is 1.54 bits per heavy atom. The van der Waals surface area contributed by atoms with Gasteiger partial charge >= 0.3 is 0 Å². The molecule has 13 heavy (non-hydrogen) atoms. The summed E-state index contributed by atoms with van der Waals surface area (Å²) in [6.07, 6.45) is 6.11. The van der Waals surface area contributed by atoms with Crippen LogP contribution in [0.2, 0.25) is 0 Å². The first-order chi connectivity index (χ1) is 6.03. The molecule has 0 atom stereocenters. The van der Waals surface area contributed by atoms with Gasteiger partial charge in [-0.15, -0.1) is 0 Å². The predicted octanol–water partition coefficient (Wildman–Crippen LogP) is 1.34. The molecule has 0 spiro atoms. The van der Waals surface area contributed by atoms with E-state index in [1.165, 1.54) is 5.56 Å². The fourth-order valence-electron chi connectivity index (χ4n) is 1.59. The second-order valence-corrected chi connectivity index (χ2v) is 4.40. The summed E-state index contributed by atoms with van der Waals surface area (Å²) >= 11 is 0. The molecule has 1 aromatic rings. The van der Waals surface area contributed by atoms with Crippen molar-refractivity contribution in [3.63, 3.8) is 0 Å². The van der Waals surface area contributed by atoms with Gasteiger partial charge in [-0.2, -0.15) is 5.10 Å². The molecule has 0 aliphatic heterocycles. The van der Waals surface area contributed by atoms with E-state index in [2.05, 4.69) is 25.1 Å². The van der Waals surface area contributed by atoms with Gasteiger partial charge < -0.3 is 5.73 Å². The van der Waals surface area contributed by atoms with Gasteiger partial charge in [0.25, 0.3) is 0 Å². The second-order valence-electron chi connectivity index (χ2n) is 4.40. The van der Waals surface area contributed by atoms with E-state index in [9.17, 15) is 0 Å². The van der Waals surface area contributed by atoms with Gasteiger partial charge in [-0.1, -0.05) is 13.8 Å². The molecule has 3 nitrogen and oxygen atoms in total. The molecule has 0 saturated carbocycles. The largest absolute Gasteiger partial charge is 0.330 e. The van der Waals surface area contributed by atoms with Crippen molar-refractivity contribution in [1.29, 1.82) is 0 Å². The molecule has 0 amide bonds. The van der Waals surface area contributed by atoms with Crippen LogP contribution in [0.1, 0.15) is 25.8 Å². The van der Waals surface area contributed by atoms with Crippen molar-refractivity contribution >= 4 is 0 Å². The first-order valence-electron chi connectivity index (χ1n) is 4.71. The van der Waals surface area contributed by atoms with E-state index in [4.69, 9.17) is 5.73 Å². The van der Waals surface area contributed by atoms with Gasteiger partial charge in [-0.25, -0.2) is 0 Å².